The summed E-state index contributed by atoms with van der Waals surface area (Å²) in [7, 11) is 1.66. The largest absolute Gasteiger partial charge is 0.497 e. The van der Waals surface area contributed by atoms with Crippen molar-refractivity contribution in [1.82, 2.24) is 9.80 Å². The minimum atomic E-state index is 0.666. The molecule has 7 heteroatoms. The second-order valence-electron chi connectivity index (χ2n) is 6.29. The number of piperazine rings is 1. The summed E-state index contributed by atoms with van der Waals surface area (Å²) in [6.45, 7) is 5.31. The molecule has 144 valence electrons. The maximum atomic E-state index is 5.91. The van der Waals surface area contributed by atoms with Gasteiger partial charge in [0.15, 0.2) is 5.11 Å². The Bertz CT molecular complexity index is 732. The quantitative estimate of drug-likeness (QED) is 0.738. The first-order chi connectivity index (χ1) is 13.1. The summed E-state index contributed by atoms with van der Waals surface area (Å²) in [5, 5.41) is 4.75. The molecule has 0 aliphatic carbocycles. The van der Waals surface area contributed by atoms with E-state index in [1.165, 1.54) is 0 Å². The first-order valence-corrected chi connectivity index (χ1v) is 9.73. The van der Waals surface area contributed by atoms with Crippen molar-refractivity contribution in [2.45, 2.75) is 0 Å². The van der Waals surface area contributed by atoms with E-state index in [9.17, 15) is 0 Å². The molecule has 0 spiro atoms. The van der Waals surface area contributed by atoms with Crippen molar-refractivity contribution in [2.24, 2.45) is 0 Å². The number of hydrogen-bond acceptors (Lipinski definition) is 4. The van der Waals surface area contributed by atoms with E-state index >= 15 is 0 Å². The molecule has 0 radical (unpaired) electrons. The molecule has 5 nitrogen and oxygen atoms in total. The molecule has 2 aromatic carbocycles. The van der Waals surface area contributed by atoms with E-state index in [0.717, 1.165) is 60.0 Å². The lowest BCUT2D eigenvalue weighted by molar-refractivity contribution is 0.155. The van der Waals surface area contributed by atoms with E-state index in [1.807, 2.05) is 48.5 Å². The number of hydrogen-bond donors (Lipinski definition) is 1. The highest BCUT2D eigenvalue weighted by Gasteiger charge is 2.18. The average Bonchev–Trinajstić information content (AvgIpc) is 2.71. The lowest BCUT2D eigenvalue weighted by Crippen LogP contribution is -2.50. The Kier molecular flexibility index (Phi) is 7.15. The van der Waals surface area contributed by atoms with Crippen LogP contribution in [-0.2, 0) is 0 Å². The Morgan fingerprint density at radius 3 is 2.26 bits per heavy atom. The lowest BCUT2D eigenvalue weighted by Gasteiger charge is -2.36. The van der Waals surface area contributed by atoms with Crippen LogP contribution >= 0.6 is 23.8 Å². The van der Waals surface area contributed by atoms with Crippen molar-refractivity contribution >= 4 is 34.6 Å². The van der Waals surface area contributed by atoms with Crippen LogP contribution in [0.25, 0.3) is 0 Å². The SMILES string of the molecule is COc1ccc(OCCN2CCN(C(=S)Nc3ccc(Cl)cc3)CC2)cc1. The van der Waals surface area contributed by atoms with Gasteiger partial charge in [-0.05, 0) is 60.7 Å². The van der Waals surface area contributed by atoms with Crippen LogP contribution < -0.4 is 14.8 Å². The number of nitrogens with one attached hydrogen (secondary N) is 1. The number of nitrogens with zero attached hydrogens (tertiary/aromatic N) is 2. The zero-order valence-electron chi connectivity index (χ0n) is 15.4. The van der Waals surface area contributed by atoms with E-state index in [-0.39, 0.29) is 0 Å². The number of halogens is 1. The highest BCUT2D eigenvalue weighted by molar-refractivity contribution is 7.80. The van der Waals surface area contributed by atoms with Crippen LogP contribution in [0.1, 0.15) is 0 Å². The average molecular weight is 406 g/mol. The molecule has 1 saturated heterocycles. The van der Waals surface area contributed by atoms with Gasteiger partial charge in [-0.15, -0.1) is 0 Å². The first kappa shape index (κ1) is 19.7. The van der Waals surface area contributed by atoms with Gasteiger partial charge in [-0.25, -0.2) is 0 Å². The van der Waals surface area contributed by atoms with Gasteiger partial charge in [0.25, 0.3) is 0 Å². The van der Waals surface area contributed by atoms with Gasteiger partial charge in [0.05, 0.1) is 7.11 Å². The van der Waals surface area contributed by atoms with Crippen molar-refractivity contribution in [1.29, 1.82) is 0 Å². The summed E-state index contributed by atoms with van der Waals surface area (Å²) in [6, 6.07) is 15.2. The molecular weight excluding hydrogens is 382 g/mol. The predicted octanol–water partition coefficient (Wildman–Crippen LogP) is 3.74. The monoisotopic (exact) mass is 405 g/mol. The van der Waals surface area contributed by atoms with Crippen LogP contribution in [0.4, 0.5) is 5.69 Å². The van der Waals surface area contributed by atoms with Crippen LogP contribution in [0.15, 0.2) is 48.5 Å². The smallest absolute Gasteiger partial charge is 0.173 e. The van der Waals surface area contributed by atoms with Crippen molar-refractivity contribution < 1.29 is 9.47 Å². The van der Waals surface area contributed by atoms with Crippen molar-refractivity contribution in [2.75, 3.05) is 51.8 Å². The van der Waals surface area contributed by atoms with E-state index in [4.69, 9.17) is 33.3 Å². The molecule has 2 aromatic rings. The Morgan fingerprint density at radius 2 is 1.63 bits per heavy atom. The van der Waals surface area contributed by atoms with Crippen LogP contribution in [-0.4, -0.2) is 61.4 Å². The van der Waals surface area contributed by atoms with Crippen molar-refractivity contribution in [3.8, 4) is 11.5 Å². The summed E-state index contributed by atoms with van der Waals surface area (Å²) < 4.78 is 11.0. The van der Waals surface area contributed by atoms with Crippen molar-refractivity contribution in [3.63, 3.8) is 0 Å². The molecule has 3 rings (SSSR count). The Hall–Kier alpha value is -2.02. The fourth-order valence-electron chi connectivity index (χ4n) is 2.87. The zero-order valence-corrected chi connectivity index (χ0v) is 16.9. The van der Waals surface area contributed by atoms with Gasteiger partial charge in [-0.3, -0.25) is 4.90 Å². The maximum Gasteiger partial charge on any atom is 0.173 e. The van der Waals surface area contributed by atoms with Gasteiger partial charge in [-0.2, -0.15) is 0 Å². The maximum absolute atomic E-state index is 5.91. The Labute approximate surface area is 170 Å². The lowest BCUT2D eigenvalue weighted by atomic mass is 10.3. The van der Waals surface area contributed by atoms with Gasteiger partial charge in [0.2, 0.25) is 0 Å². The molecule has 27 heavy (non-hydrogen) atoms. The Morgan fingerprint density at radius 1 is 1.00 bits per heavy atom. The highest BCUT2D eigenvalue weighted by Crippen LogP contribution is 2.17. The number of anilines is 1. The molecule has 0 unspecified atom stereocenters. The number of thiocarbonyl (C=S) groups is 1. The molecular formula is C20H24ClN3O2S. The van der Waals surface area contributed by atoms with Crippen LogP contribution in [0.5, 0.6) is 11.5 Å². The number of ether oxygens (including phenoxy) is 2. The van der Waals surface area contributed by atoms with Crippen molar-refractivity contribution in [3.05, 3.63) is 53.6 Å². The van der Waals surface area contributed by atoms with E-state index < -0.39 is 0 Å². The van der Waals surface area contributed by atoms with E-state index in [0.29, 0.717) is 6.61 Å². The fraction of sp³-hybridized carbons (Fsp3) is 0.350. The standard InChI is InChI=1S/C20H24ClN3O2S/c1-25-18-6-8-19(9-7-18)26-15-14-23-10-12-24(13-11-23)20(27)22-17-4-2-16(21)3-5-17/h2-9H,10-15H2,1H3,(H,22,27). The fourth-order valence-corrected chi connectivity index (χ4v) is 3.30. The highest BCUT2D eigenvalue weighted by atomic mass is 35.5. The van der Waals surface area contributed by atoms with Gasteiger partial charge in [0.1, 0.15) is 18.1 Å². The number of benzene rings is 2. The topological polar surface area (TPSA) is 37.0 Å². The third kappa shape index (κ3) is 5.99. The molecule has 0 aromatic heterocycles. The van der Waals surface area contributed by atoms with E-state index in [1.54, 1.807) is 7.11 Å². The molecule has 1 heterocycles. The normalized spacial score (nSPS) is 14.7. The third-order valence-corrected chi connectivity index (χ3v) is 5.10. The molecule has 1 aliphatic heterocycles. The van der Waals surface area contributed by atoms with Gasteiger partial charge in [0, 0.05) is 43.4 Å². The van der Waals surface area contributed by atoms with Crippen LogP contribution in [0.3, 0.4) is 0 Å². The minimum Gasteiger partial charge on any atom is -0.497 e. The van der Waals surface area contributed by atoms with Gasteiger partial charge < -0.3 is 19.7 Å². The summed E-state index contributed by atoms with van der Waals surface area (Å²) >= 11 is 11.4. The molecule has 1 aliphatic rings. The van der Waals surface area contributed by atoms with Crippen LogP contribution in [0, 0.1) is 0 Å². The summed E-state index contributed by atoms with van der Waals surface area (Å²) in [6.07, 6.45) is 0. The molecule has 1 N–H and O–H groups in total. The van der Waals surface area contributed by atoms with E-state index in [2.05, 4.69) is 15.1 Å². The number of rotatable bonds is 6. The second kappa shape index (κ2) is 9.78. The summed E-state index contributed by atoms with van der Waals surface area (Å²) in [5.41, 5.74) is 0.958. The van der Waals surface area contributed by atoms with Gasteiger partial charge >= 0.3 is 0 Å². The van der Waals surface area contributed by atoms with Gasteiger partial charge in [-0.1, -0.05) is 11.6 Å². The third-order valence-electron chi connectivity index (χ3n) is 4.49. The predicted molar refractivity (Wildman–Crippen MR) is 114 cm³/mol. The second-order valence-corrected chi connectivity index (χ2v) is 7.11. The summed E-state index contributed by atoms with van der Waals surface area (Å²) in [4.78, 5) is 4.59. The zero-order chi connectivity index (χ0) is 19.1. The summed E-state index contributed by atoms with van der Waals surface area (Å²) in [5.74, 6) is 1.70. The van der Waals surface area contributed by atoms with Crippen LogP contribution in [0.2, 0.25) is 5.02 Å². The molecule has 0 saturated carbocycles. The number of methoxy groups -OCH3 is 1. The molecule has 0 bridgehead atoms. The molecule has 1 fully saturated rings. The molecule has 0 atom stereocenters. The first-order valence-electron chi connectivity index (χ1n) is 8.95. The molecule has 0 amide bonds. The minimum absolute atomic E-state index is 0.666. The Balaban J connectivity index is 1.36.